The van der Waals surface area contributed by atoms with Crippen LogP contribution < -0.4 is 15.5 Å². The van der Waals surface area contributed by atoms with Gasteiger partial charge in [0, 0.05) is 42.4 Å². The fraction of sp³-hybridized carbons (Fsp3) is 0.417. The van der Waals surface area contributed by atoms with Crippen LogP contribution >= 0.6 is 0 Å². The molecule has 1 amide bonds. The summed E-state index contributed by atoms with van der Waals surface area (Å²) in [6.07, 6.45) is 0.207. The molecule has 0 saturated carbocycles. The van der Waals surface area contributed by atoms with E-state index in [4.69, 9.17) is 0 Å². The Bertz CT molecular complexity index is 1270. The number of nitrogens with one attached hydrogen (secondary N) is 2. The first kappa shape index (κ1) is 22.4. The second-order valence-electron chi connectivity index (χ2n) is 9.22. The predicted molar refractivity (Wildman–Crippen MR) is 122 cm³/mol. The number of alkyl halides is 2. The molecular formula is C24H25F3N6O. The van der Waals surface area contributed by atoms with Gasteiger partial charge in [0.25, 0.3) is 6.43 Å². The molecule has 178 valence electrons. The van der Waals surface area contributed by atoms with E-state index in [-0.39, 0.29) is 16.9 Å². The molecule has 0 aliphatic carbocycles. The Labute approximate surface area is 194 Å². The molecule has 2 unspecified atom stereocenters. The molecule has 2 fully saturated rings. The lowest BCUT2D eigenvalue weighted by Crippen LogP contribution is -2.29. The van der Waals surface area contributed by atoms with Gasteiger partial charge in [0.15, 0.2) is 0 Å². The van der Waals surface area contributed by atoms with Crippen LogP contribution in [0.15, 0.2) is 30.5 Å². The molecule has 1 aromatic carbocycles. The normalized spacial score (nSPS) is 21.0. The lowest BCUT2D eigenvalue weighted by atomic mass is 9.86. The number of hydrogen-bond acceptors (Lipinski definition) is 6. The summed E-state index contributed by atoms with van der Waals surface area (Å²) in [5.41, 5.74) is 0.0697. The Hall–Kier alpha value is -3.43. The summed E-state index contributed by atoms with van der Waals surface area (Å²) in [6, 6.07) is 5.28. The number of carbonyl (C=O) groups excluding carboxylic acids is 1. The average Bonchev–Trinajstić information content (AvgIpc) is 3.38. The minimum atomic E-state index is -2.89. The van der Waals surface area contributed by atoms with E-state index >= 15 is 0 Å². The first-order valence-electron chi connectivity index (χ1n) is 11.2. The number of aryl methyl sites for hydroxylation is 1. The summed E-state index contributed by atoms with van der Waals surface area (Å²) in [6.45, 7) is 5.63. The van der Waals surface area contributed by atoms with Crippen LogP contribution in [0.25, 0.3) is 10.9 Å². The zero-order chi connectivity index (χ0) is 24.0. The van der Waals surface area contributed by atoms with Gasteiger partial charge >= 0.3 is 0 Å². The van der Waals surface area contributed by atoms with E-state index in [1.807, 2.05) is 6.07 Å². The molecule has 2 saturated heterocycles. The number of benzene rings is 1. The number of fused-ring (bicyclic) bond motifs is 1. The van der Waals surface area contributed by atoms with Gasteiger partial charge in [-0.2, -0.15) is 0 Å². The molecule has 10 heteroatoms. The summed E-state index contributed by atoms with van der Waals surface area (Å²) in [5.74, 6) is 0.900. The third-order valence-electron chi connectivity index (χ3n) is 6.75. The third kappa shape index (κ3) is 4.01. The highest BCUT2D eigenvalue weighted by molar-refractivity contribution is 5.90. The van der Waals surface area contributed by atoms with Crippen LogP contribution in [-0.2, 0) is 4.79 Å². The quantitative estimate of drug-likeness (QED) is 0.579. The molecule has 34 heavy (non-hydrogen) atoms. The summed E-state index contributed by atoms with van der Waals surface area (Å²) < 4.78 is 41.0. The molecule has 0 bridgehead atoms. The van der Waals surface area contributed by atoms with Crippen molar-refractivity contribution in [2.75, 3.05) is 29.9 Å². The number of amides is 1. The van der Waals surface area contributed by atoms with Crippen molar-refractivity contribution in [1.82, 2.24) is 20.3 Å². The van der Waals surface area contributed by atoms with Crippen molar-refractivity contribution >= 4 is 28.4 Å². The number of aromatic nitrogens is 3. The molecule has 7 nitrogen and oxygen atoms in total. The van der Waals surface area contributed by atoms with Crippen molar-refractivity contribution in [3.63, 3.8) is 0 Å². The van der Waals surface area contributed by atoms with Gasteiger partial charge in [-0.25, -0.2) is 28.1 Å². The molecule has 5 rings (SSSR count). The number of halogens is 3. The van der Waals surface area contributed by atoms with Crippen LogP contribution in [0.2, 0.25) is 0 Å². The average molecular weight is 470 g/mol. The SMILES string of the molecule is Cc1nc(NC(C)c2cccc(C(F)F)c2F)c2cc(N3CCC4(CNC(=O)C4)C3)ncc2n1. The predicted octanol–water partition coefficient (Wildman–Crippen LogP) is 4.30. The molecule has 0 radical (unpaired) electrons. The van der Waals surface area contributed by atoms with Crippen LogP contribution in [-0.4, -0.2) is 40.5 Å². The van der Waals surface area contributed by atoms with Crippen molar-refractivity contribution in [3.8, 4) is 0 Å². The van der Waals surface area contributed by atoms with E-state index in [0.717, 1.165) is 31.4 Å². The van der Waals surface area contributed by atoms with Crippen LogP contribution in [0.3, 0.4) is 0 Å². The van der Waals surface area contributed by atoms with Gasteiger partial charge < -0.3 is 15.5 Å². The Morgan fingerprint density at radius 2 is 2.03 bits per heavy atom. The van der Waals surface area contributed by atoms with Crippen LogP contribution in [0, 0.1) is 18.2 Å². The summed E-state index contributed by atoms with van der Waals surface area (Å²) in [7, 11) is 0. The highest BCUT2D eigenvalue weighted by Gasteiger charge is 2.44. The second-order valence-corrected chi connectivity index (χ2v) is 9.22. The second kappa shape index (κ2) is 8.41. The van der Waals surface area contributed by atoms with Gasteiger partial charge in [-0.3, -0.25) is 4.79 Å². The van der Waals surface area contributed by atoms with Crippen LogP contribution in [0.1, 0.15) is 49.2 Å². The maximum Gasteiger partial charge on any atom is 0.266 e. The molecule has 2 aliphatic heterocycles. The first-order valence-corrected chi connectivity index (χ1v) is 11.2. The van der Waals surface area contributed by atoms with E-state index < -0.39 is 23.8 Å². The van der Waals surface area contributed by atoms with Gasteiger partial charge in [-0.05, 0) is 26.3 Å². The highest BCUT2D eigenvalue weighted by atomic mass is 19.3. The van der Waals surface area contributed by atoms with Crippen molar-refractivity contribution in [1.29, 1.82) is 0 Å². The van der Waals surface area contributed by atoms with Gasteiger partial charge in [-0.1, -0.05) is 18.2 Å². The molecular weight excluding hydrogens is 445 g/mol. The Morgan fingerprint density at radius 1 is 1.24 bits per heavy atom. The summed E-state index contributed by atoms with van der Waals surface area (Å²) in [5, 5.41) is 6.82. The summed E-state index contributed by atoms with van der Waals surface area (Å²) >= 11 is 0. The van der Waals surface area contributed by atoms with E-state index in [0.29, 0.717) is 35.5 Å². The fourth-order valence-electron chi connectivity index (χ4n) is 4.95. The highest BCUT2D eigenvalue weighted by Crippen LogP contribution is 2.39. The number of rotatable bonds is 5. The molecule has 2 atom stereocenters. The molecule has 4 heterocycles. The van der Waals surface area contributed by atoms with Crippen LogP contribution in [0.4, 0.5) is 24.8 Å². The number of nitrogens with zero attached hydrogens (tertiary/aromatic N) is 4. The molecule has 2 N–H and O–H groups in total. The summed E-state index contributed by atoms with van der Waals surface area (Å²) in [4.78, 5) is 27.5. The lowest BCUT2D eigenvalue weighted by Gasteiger charge is -2.23. The number of hydrogen-bond donors (Lipinski definition) is 2. The first-order chi connectivity index (χ1) is 16.2. The number of anilines is 2. The molecule has 1 spiro atoms. The molecule has 3 aromatic rings. The Kier molecular flexibility index (Phi) is 5.53. The van der Waals surface area contributed by atoms with Gasteiger partial charge in [-0.15, -0.1) is 0 Å². The van der Waals surface area contributed by atoms with Gasteiger partial charge in [0.05, 0.1) is 23.3 Å². The van der Waals surface area contributed by atoms with Crippen molar-refractivity contribution in [2.24, 2.45) is 5.41 Å². The standard InChI is InChI=1S/C24H25F3N6O/c1-13(15-4-3-5-16(21(15)25)22(26)27)30-23-17-8-19(28-10-18(17)31-14(2)32-23)33-7-6-24(12-33)9-20(34)29-11-24/h3-5,8,10,13,22H,6-7,9,11-12H2,1-2H3,(H,29,34)(H,30,31,32). The zero-order valence-electron chi connectivity index (χ0n) is 18.9. The van der Waals surface area contributed by atoms with E-state index in [1.165, 1.54) is 12.1 Å². The maximum atomic E-state index is 14.7. The minimum Gasteiger partial charge on any atom is -0.363 e. The van der Waals surface area contributed by atoms with E-state index in [9.17, 15) is 18.0 Å². The lowest BCUT2D eigenvalue weighted by molar-refractivity contribution is -0.119. The van der Waals surface area contributed by atoms with E-state index in [2.05, 4.69) is 30.5 Å². The third-order valence-corrected chi connectivity index (χ3v) is 6.75. The van der Waals surface area contributed by atoms with E-state index in [1.54, 1.807) is 20.0 Å². The Balaban J connectivity index is 1.46. The van der Waals surface area contributed by atoms with Gasteiger partial charge in [0.1, 0.15) is 23.3 Å². The van der Waals surface area contributed by atoms with Gasteiger partial charge in [0.2, 0.25) is 5.91 Å². The van der Waals surface area contributed by atoms with Crippen molar-refractivity contribution < 1.29 is 18.0 Å². The van der Waals surface area contributed by atoms with Crippen molar-refractivity contribution in [2.45, 2.75) is 39.2 Å². The zero-order valence-corrected chi connectivity index (χ0v) is 18.9. The number of pyridine rings is 1. The minimum absolute atomic E-state index is 0.0691. The monoisotopic (exact) mass is 470 g/mol. The smallest absolute Gasteiger partial charge is 0.266 e. The largest absolute Gasteiger partial charge is 0.363 e. The fourth-order valence-corrected chi connectivity index (χ4v) is 4.95. The molecule has 2 aromatic heterocycles. The topological polar surface area (TPSA) is 83.0 Å². The van der Waals surface area contributed by atoms with Crippen LogP contribution in [0.5, 0.6) is 0 Å². The molecule has 2 aliphatic rings. The van der Waals surface area contributed by atoms with Crippen molar-refractivity contribution in [3.05, 3.63) is 53.2 Å². The number of carbonyl (C=O) groups is 1. The Morgan fingerprint density at radius 3 is 2.76 bits per heavy atom. The maximum absolute atomic E-state index is 14.7.